The second-order valence-corrected chi connectivity index (χ2v) is 7.50. The van der Waals surface area contributed by atoms with Crippen LogP contribution in [0, 0.1) is 13.8 Å². The lowest BCUT2D eigenvalue weighted by Gasteiger charge is -2.16. The second kappa shape index (κ2) is 6.65. The van der Waals surface area contributed by atoms with E-state index in [9.17, 15) is 14.7 Å². The molecule has 0 spiro atoms. The number of amides is 2. The minimum Gasteiger partial charge on any atom is -0.506 e. The number of nitrogens with one attached hydrogen (secondary N) is 1. The molecule has 1 aliphatic heterocycles. The van der Waals surface area contributed by atoms with Gasteiger partial charge in [0, 0.05) is 10.0 Å². The van der Waals surface area contributed by atoms with Gasteiger partial charge in [0.05, 0.1) is 10.2 Å². The van der Waals surface area contributed by atoms with E-state index in [0.29, 0.717) is 20.2 Å². The Morgan fingerprint density at radius 3 is 2.48 bits per heavy atom. The maximum atomic E-state index is 12.7. The van der Waals surface area contributed by atoms with Crippen molar-refractivity contribution in [2.75, 3.05) is 5.01 Å². The standard InChI is InChI=1S/C18H14Br2N2O3/c1-9-3-4-13(5-10(9)2)22-18(25)14(17(24)21-22)7-11-6-12(19)8-15(20)16(11)23/h3-8,23H,1-2H3,(H,21,24)/b14-7+. The molecule has 0 aliphatic carbocycles. The zero-order chi connectivity index (χ0) is 18.3. The molecule has 3 rings (SSSR count). The molecule has 0 atom stereocenters. The summed E-state index contributed by atoms with van der Waals surface area (Å²) in [5, 5.41) is 11.3. The van der Waals surface area contributed by atoms with Gasteiger partial charge in [-0.05, 0) is 71.2 Å². The summed E-state index contributed by atoms with van der Waals surface area (Å²) in [5.74, 6) is -1.02. The van der Waals surface area contributed by atoms with Crippen molar-refractivity contribution >= 4 is 55.4 Å². The fourth-order valence-electron chi connectivity index (χ4n) is 2.46. The number of halogens is 2. The molecule has 0 bridgehead atoms. The summed E-state index contributed by atoms with van der Waals surface area (Å²) in [4.78, 5) is 24.9. The van der Waals surface area contributed by atoms with Crippen molar-refractivity contribution in [2.45, 2.75) is 13.8 Å². The van der Waals surface area contributed by atoms with E-state index >= 15 is 0 Å². The SMILES string of the molecule is Cc1ccc(N2NC(=O)/C(=C\c3cc(Br)cc(Br)c3O)C2=O)cc1C. The van der Waals surface area contributed by atoms with Gasteiger partial charge in [0.15, 0.2) is 0 Å². The number of nitrogens with zero attached hydrogens (tertiary/aromatic N) is 1. The fraction of sp³-hybridized carbons (Fsp3) is 0.111. The summed E-state index contributed by atoms with van der Waals surface area (Å²) in [5.41, 5.74) is 5.58. The van der Waals surface area contributed by atoms with Gasteiger partial charge in [-0.3, -0.25) is 15.0 Å². The lowest BCUT2D eigenvalue weighted by atomic mass is 10.1. The van der Waals surface area contributed by atoms with E-state index in [4.69, 9.17) is 0 Å². The zero-order valence-corrected chi connectivity index (χ0v) is 16.6. The molecule has 1 saturated heterocycles. The summed E-state index contributed by atoms with van der Waals surface area (Å²) in [6.45, 7) is 3.91. The maximum Gasteiger partial charge on any atom is 0.282 e. The number of aryl methyl sites for hydroxylation is 2. The Labute approximate surface area is 161 Å². The minimum absolute atomic E-state index is 0.0408. The van der Waals surface area contributed by atoms with Crippen molar-refractivity contribution in [3.63, 3.8) is 0 Å². The third-order valence-corrected chi connectivity index (χ3v) is 5.06. The fourth-order valence-corrected chi connectivity index (χ4v) is 3.71. The molecular weight excluding hydrogens is 452 g/mol. The number of anilines is 1. The molecule has 5 nitrogen and oxygen atoms in total. The largest absolute Gasteiger partial charge is 0.506 e. The van der Waals surface area contributed by atoms with Crippen LogP contribution in [0.2, 0.25) is 0 Å². The summed E-state index contributed by atoms with van der Waals surface area (Å²) < 4.78 is 1.17. The maximum absolute atomic E-state index is 12.7. The smallest absolute Gasteiger partial charge is 0.282 e. The van der Waals surface area contributed by atoms with Crippen LogP contribution in [-0.2, 0) is 9.59 Å². The number of phenols is 1. The number of phenolic OH excluding ortho intramolecular Hbond substituents is 1. The molecule has 0 saturated carbocycles. The number of hydrogen-bond acceptors (Lipinski definition) is 3. The predicted molar refractivity (Wildman–Crippen MR) is 103 cm³/mol. The molecule has 1 fully saturated rings. The molecule has 1 aliphatic rings. The van der Waals surface area contributed by atoms with Gasteiger partial charge in [0.1, 0.15) is 11.3 Å². The van der Waals surface area contributed by atoms with Gasteiger partial charge in [0.25, 0.3) is 11.8 Å². The molecule has 2 amide bonds. The van der Waals surface area contributed by atoms with Gasteiger partial charge in [-0.25, -0.2) is 5.01 Å². The van der Waals surface area contributed by atoms with Crippen LogP contribution < -0.4 is 10.4 Å². The van der Waals surface area contributed by atoms with Gasteiger partial charge in [0.2, 0.25) is 0 Å². The van der Waals surface area contributed by atoms with E-state index in [1.54, 1.807) is 18.2 Å². The number of hydrogen-bond donors (Lipinski definition) is 2. The van der Waals surface area contributed by atoms with Crippen LogP contribution in [0.4, 0.5) is 5.69 Å². The summed E-state index contributed by atoms with van der Waals surface area (Å²) in [6, 6.07) is 8.81. The molecule has 0 aromatic heterocycles. The molecule has 2 aromatic carbocycles. The minimum atomic E-state index is -0.515. The van der Waals surface area contributed by atoms with E-state index in [0.717, 1.165) is 11.1 Å². The highest BCUT2D eigenvalue weighted by atomic mass is 79.9. The van der Waals surface area contributed by atoms with Crippen molar-refractivity contribution in [2.24, 2.45) is 0 Å². The van der Waals surface area contributed by atoms with E-state index in [1.807, 2.05) is 26.0 Å². The van der Waals surface area contributed by atoms with Crippen LogP contribution in [0.5, 0.6) is 5.75 Å². The van der Waals surface area contributed by atoms with Crippen LogP contribution in [0.15, 0.2) is 44.9 Å². The van der Waals surface area contributed by atoms with E-state index in [-0.39, 0.29) is 11.3 Å². The van der Waals surface area contributed by atoms with E-state index in [2.05, 4.69) is 37.3 Å². The first kappa shape index (κ1) is 17.7. The highest BCUT2D eigenvalue weighted by Gasteiger charge is 2.34. The molecule has 128 valence electrons. The Bertz CT molecular complexity index is 938. The predicted octanol–water partition coefficient (Wildman–Crippen LogP) is 4.00. The third-order valence-electron chi connectivity index (χ3n) is 4.00. The number of aromatic hydroxyl groups is 1. The Morgan fingerprint density at radius 2 is 1.80 bits per heavy atom. The van der Waals surface area contributed by atoms with Gasteiger partial charge >= 0.3 is 0 Å². The Kier molecular flexibility index (Phi) is 4.71. The van der Waals surface area contributed by atoms with Crippen molar-refractivity contribution in [3.8, 4) is 5.75 Å². The van der Waals surface area contributed by atoms with Gasteiger partial charge in [-0.1, -0.05) is 22.0 Å². The van der Waals surface area contributed by atoms with Crippen LogP contribution in [0.1, 0.15) is 16.7 Å². The average molecular weight is 466 g/mol. The summed E-state index contributed by atoms with van der Waals surface area (Å²) in [7, 11) is 0. The topological polar surface area (TPSA) is 69.6 Å². The van der Waals surface area contributed by atoms with Crippen LogP contribution in [0.25, 0.3) is 6.08 Å². The molecule has 2 N–H and O–H groups in total. The summed E-state index contributed by atoms with van der Waals surface area (Å²) in [6.07, 6.45) is 1.38. The van der Waals surface area contributed by atoms with Crippen molar-refractivity contribution in [3.05, 3.63) is 61.5 Å². The molecule has 7 heteroatoms. The third kappa shape index (κ3) is 3.34. The van der Waals surface area contributed by atoms with E-state index < -0.39 is 11.8 Å². The zero-order valence-electron chi connectivity index (χ0n) is 13.4. The lowest BCUT2D eigenvalue weighted by molar-refractivity contribution is -0.117. The highest BCUT2D eigenvalue weighted by molar-refractivity contribution is 9.11. The average Bonchev–Trinajstić information content (AvgIpc) is 2.83. The number of hydrazine groups is 1. The first-order chi connectivity index (χ1) is 11.8. The van der Waals surface area contributed by atoms with Crippen LogP contribution >= 0.6 is 31.9 Å². The molecule has 0 unspecified atom stereocenters. The highest BCUT2D eigenvalue weighted by Crippen LogP contribution is 2.34. The van der Waals surface area contributed by atoms with Gasteiger partial charge in [-0.2, -0.15) is 0 Å². The molecule has 25 heavy (non-hydrogen) atoms. The van der Waals surface area contributed by atoms with Crippen molar-refractivity contribution in [1.29, 1.82) is 0 Å². The quantitative estimate of drug-likeness (QED) is 0.520. The molecule has 0 radical (unpaired) electrons. The molecular formula is C18H14Br2N2O3. The van der Waals surface area contributed by atoms with E-state index in [1.165, 1.54) is 11.1 Å². The Morgan fingerprint density at radius 1 is 1.08 bits per heavy atom. The second-order valence-electron chi connectivity index (χ2n) is 5.73. The number of rotatable bonds is 2. The molecule has 1 heterocycles. The summed E-state index contributed by atoms with van der Waals surface area (Å²) >= 11 is 6.56. The first-order valence-corrected chi connectivity index (χ1v) is 8.99. The first-order valence-electron chi connectivity index (χ1n) is 7.40. The molecule has 2 aromatic rings. The Balaban J connectivity index is 2.01. The number of carbonyl (C=O) groups excluding carboxylic acids is 2. The normalized spacial score (nSPS) is 15.8. The van der Waals surface area contributed by atoms with Gasteiger partial charge in [-0.15, -0.1) is 0 Å². The monoisotopic (exact) mass is 464 g/mol. The van der Waals surface area contributed by atoms with Gasteiger partial charge < -0.3 is 5.11 Å². The number of carbonyl (C=O) groups is 2. The lowest BCUT2D eigenvalue weighted by Crippen LogP contribution is -2.35. The van der Waals surface area contributed by atoms with Crippen molar-refractivity contribution < 1.29 is 14.7 Å². The van der Waals surface area contributed by atoms with Crippen molar-refractivity contribution in [1.82, 2.24) is 5.43 Å². The number of benzene rings is 2. The van der Waals surface area contributed by atoms with Crippen LogP contribution in [0.3, 0.4) is 0 Å². The van der Waals surface area contributed by atoms with Crippen LogP contribution in [-0.4, -0.2) is 16.9 Å². The Hall–Kier alpha value is -2.12.